The Bertz CT molecular complexity index is 528. The summed E-state index contributed by atoms with van der Waals surface area (Å²) < 4.78 is 5.90. The van der Waals surface area contributed by atoms with Gasteiger partial charge < -0.3 is 10.2 Å². The number of hydrazone groups is 1. The number of anilines is 1. The molecule has 0 saturated carbocycles. The molecule has 1 aromatic carbocycles. The number of hydrogen-bond donors (Lipinski definition) is 1. The Morgan fingerprint density at radius 3 is 2.42 bits per heavy atom. The molecule has 6 nitrogen and oxygen atoms in total. The highest BCUT2D eigenvalue weighted by atomic mass is 79.9. The molecule has 0 atom stereocenters. The smallest absolute Gasteiger partial charge is 0.243 e. The minimum absolute atomic E-state index is 0. The maximum absolute atomic E-state index is 5.07. The second kappa shape index (κ2) is 7.45. The van der Waals surface area contributed by atoms with E-state index >= 15 is 0 Å². The van der Waals surface area contributed by atoms with Crippen molar-refractivity contribution in [2.45, 2.75) is 0 Å². The monoisotopic (exact) mass is 324 g/mol. The fourth-order valence-electron chi connectivity index (χ4n) is 1.22. The number of halogens is 1. The van der Waals surface area contributed by atoms with Crippen LogP contribution in [0.5, 0.6) is 5.75 Å². The minimum atomic E-state index is 0. The van der Waals surface area contributed by atoms with E-state index in [4.69, 9.17) is 4.74 Å². The molecule has 0 bridgehead atoms. The summed E-state index contributed by atoms with van der Waals surface area (Å²) in [6.45, 7) is 0. The minimum Gasteiger partial charge on any atom is -0.497 e. The zero-order valence-corrected chi connectivity index (χ0v) is 11.8. The van der Waals surface area contributed by atoms with Gasteiger partial charge in [-0.25, -0.2) is 15.4 Å². The highest BCUT2D eigenvalue weighted by Gasteiger charge is 1.93. The first-order chi connectivity index (χ1) is 8.78. The number of methoxy groups -OCH3 is 1. The van der Waals surface area contributed by atoms with E-state index in [2.05, 4.69) is 36.4 Å². The quantitative estimate of drug-likeness (QED) is 0.686. The van der Waals surface area contributed by atoms with Crippen molar-refractivity contribution in [2.24, 2.45) is 5.10 Å². The molecule has 0 radical (unpaired) electrons. The van der Waals surface area contributed by atoms with E-state index in [1.807, 2.05) is 24.3 Å². The zero-order chi connectivity index (χ0) is 12.8. The van der Waals surface area contributed by atoms with E-state index < -0.39 is 0 Å². The predicted molar refractivity (Wildman–Crippen MR) is 77.6 cm³/mol. The maximum atomic E-state index is 5.07. The molecule has 19 heavy (non-hydrogen) atoms. The van der Waals surface area contributed by atoms with Gasteiger partial charge in [0, 0.05) is 12.4 Å². The van der Waals surface area contributed by atoms with Crippen LogP contribution in [0.25, 0.3) is 0 Å². The SMILES string of the molecule is COc1ccc(/C=N/Nc2ncc(Br)cn2)cc1.O. The Labute approximate surface area is 119 Å². The van der Waals surface area contributed by atoms with Crippen molar-refractivity contribution in [3.8, 4) is 5.75 Å². The lowest BCUT2D eigenvalue weighted by Crippen LogP contribution is -1.95. The van der Waals surface area contributed by atoms with Gasteiger partial charge in [-0.3, -0.25) is 0 Å². The first-order valence-electron chi connectivity index (χ1n) is 5.18. The van der Waals surface area contributed by atoms with Gasteiger partial charge in [0.15, 0.2) is 0 Å². The highest BCUT2D eigenvalue weighted by Crippen LogP contribution is 2.10. The van der Waals surface area contributed by atoms with Crippen molar-refractivity contribution in [3.63, 3.8) is 0 Å². The number of ether oxygens (including phenoxy) is 1. The molecule has 100 valence electrons. The summed E-state index contributed by atoms with van der Waals surface area (Å²) in [5, 5.41) is 4.04. The lowest BCUT2D eigenvalue weighted by molar-refractivity contribution is 0.415. The summed E-state index contributed by atoms with van der Waals surface area (Å²) >= 11 is 3.26. The lowest BCUT2D eigenvalue weighted by Gasteiger charge is -1.99. The van der Waals surface area contributed by atoms with E-state index in [1.54, 1.807) is 25.7 Å². The molecule has 7 heteroatoms. The van der Waals surface area contributed by atoms with E-state index in [-0.39, 0.29) is 5.48 Å². The number of nitrogens with one attached hydrogen (secondary N) is 1. The molecule has 0 amide bonds. The van der Waals surface area contributed by atoms with Crippen LogP contribution >= 0.6 is 15.9 Å². The number of aromatic nitrogens is 2. The van der Waals surface area contributed by atoms with Crippen LogP contribution in [-0.2, 0) is 0 Å². The third-order valence-electron chi connectivity index (χ3n) is 2.11. The van der Waals surface area contributed by atoms with Crippen LogP contribution in [-0.4, -0.2) is 28.8 Å². The molecule has 1 aromatic heterocycles. The maximum Gasteiger partial charge on any atom is 0.243 e. The molecule has 3 N–H and O–H groups in total. The Morgan fingerprint density at radius 1 is 1.21 bits per heavy atom. The van der Waals surface area contributed by atoms with E-state index in [0.29, 0.717) is 5.95 Å². The van der Waals surface area contributed by atoms with Crippen molar-refractivity contribution in [1.29, 1.82) is 0 Å². The average molecular weight is 325 g/mol. The van der Waals surface area contributed by atoms with Gasteiger partial charge >= 0.3 is 0 Å². The molecule has 0 spiro atoms. The van der Waals surface area contributed by atoms with Gasteiger partial charge in [0.2, 0.25) is 5.95 Å². The van der Waals surface area contributed by atoms with Crippen LogP contribution in [0.1, 0.15) is 5.56 Å². The van der Waals surface area contributed by atoms with Crippen molar-refractivity contribution >= 4 is 28.1 Å². The largest absolute Gasteiger partial charge is 0.497 e. The highest BCUT2D eigenvalue weighted by molar-refractivity contribution is 9.10. The summed E-state index contributed by atoms with van der Waals surface area (Å²) in [5.74, 6) is 1.26. The molecule has 0 aliphatic heterocycles. The van der Waals surface area contributed by atoms with E-state index in [1.165, 1.54) is 0 Å². The fraction of sp³-hybridized carbons (Fsp3) is 0.0833. The first-order valence-corrected chi connectivity index (χ1v) is 5.98. The van der Waals surface area contributed by atoms with Gasteiger partial charge in [-0.15, -0.1) is 0 Å². The van der Waals surface area contributed by atoms with Crippen molar-refractivity contribution in [3.05, 3.63) is 46.7 Å². The van der Waals surface area contributed by atoms with Gasteiger partial charge in [-0.1, -0.05) is 0 Å². The Kier molecular flexibility index (Phi) is 5.91. The standard InChI is InChI=1S/C12H11BrN4O.H2O/c1-18-11-4-2-9(3-5-11)6-16-17-12-14-7-10(13)8-15-12;/h2-8H,1H3,(H,14,15,17);1H2/b16-6+;. The van der Waals surface area contributed by atoms with Crippen molar-refractivity contribution < 1.29 is 10.2 Å². The van der Waals surface area contributed by atoms with Gasteiger partial charge in [-0.2, -0.15) is 5.10 Å². The fourth-order valence-corrected chi connectivity index (χ4v) is 1.43. The lowest BCUT2D eigenvalue weighted by atomic mass is 10.2. The van der Waals surface area contributed by atoms with Crippen LogP contribution < -0.4 is 10.2 Å². The Hall–Kier alpha value is -1.99. The molecule has 2 aromatic rings. The van der Waals surface area contributed by atoms with Crippen molar-refractivity contribution in [1.82, 2.24) is 9.97 Å². The summed E-state index contributed by atoms with van der Waals surface area (Å²) in [6.07, 6.45) is 4.99. The third-order valence-corrected chi connectivity index (χ3v) is 2.52. The van der Waals surface area contributed by atoms with Gasteiger partial charge in [0.05, 0.1) is 17.8 Å². The molecule has 1 heterocycles. The normalized spacial score (nSPS) is 10.0. The van der Waals surface area contributed by atoms with Crippen LogP contribution in [0.3, 0.4) is 0 Å². The molecule has 0 unspecified atom stereocenters. The topological polar surface area (TPSA) is 90.9 Å². The van der Waals surface area contributed by atoms with Gasteiger partial charge in [0.1, 0.15) is 5.75 Å². The second-order valence-electron chi connectivity index (χ2n) is 3.37. The van der Waals surface area contributed by atoms with Gasteiger partial charge in [0.25, 0.3) is 0 Å². The average Bonchev–Trinajstić information content (AvgIpc) is 2.42. The number of rotatable bonds is 4. The molecule has 0 aliphatic carbocycles. The van der Waals surface area contributed by atoms with Gasteiger partial charge in [-0.05, 0) is 45.8 Å². The molecular formula is C12H13BrN4O2. The third kappa shape index (κ3) is 4.65. The molecule has 0 saturated heterocycles. The number of benzene rings is 1. The first kappa shape index (κ1) is 15.1. The molecule has 0 fully saturated rings. The summed E-state index contributed by atoms with van der Waals surface area (Å²) in [7, 11) is 1.63. The van der Waals surface area contributed by atoms with Crippen LogP contribution in [0, 0.1) is 0 Å². The second-order valence-corrected chi connectivity index (χ2v) is 4.28. The van der Waals surface area contributed by atoms with E-state index in [9.17, 15) is 0 Å². The predicted octanol–water partition coefficient (Wildman–Crippen LogP) is 1.87. The summed E-state index contributed by atoms with van der Waals surface area (Å²) in [4.78, 5) is 8.07. The van der Waals surface area contributed by atoms with Crippen LogP contribution in [0.15, 0.2) is 46.2 Å². The van der Waals surface area contributed by atoms with Crippen LogP contribution in [0.4, 0.5) is 5.95 Å². The number of hydrogen-bond acceptors (Lipinski definition) is 5. The van der Waals surface area contributed by atoms with Crippen LogP contribution in [0.2, 0.25) is 0 Å². The zero-order valence-electron chi connectivity index (χ0n) is 10.2. The molecular weight excluding hydrogens is 312 g/mol. The Morgan fingerprint density at radius 2 is 1.84 bits per heavy atom. The molecule has 0 aliphatic rings. The summed E-state index contributed by atoms with van der Waals surface area (Å²) in [5.41, 5.74) is 3.70. The molecule has 2 rings (SSSR count). The van der Waals surface area contributed by atoms with Crippen molar-refractivity contribution in [2.75, 3.05) is 12.5 Å². The number of nitrogens with zero attached hydrogens (tertiary/aromatic N) is 3. The Balaban J connectivity index is 0.00000180. The summed E-state index contributed by atoms with van der Waals surface area (Å²) in [6, 6.07) is 7.56. The van der Waals surface area contributed by atoms with E-state index in [0.717, 1.165) is 15.8 Å².